The molecule has 1 fully saturated rings. The maximum Gasteiger partial charge on any atom is 0.273 e. The van der Waals surface area contributed by atoms with Crippen LogP contribution >= 0.6 is 0 Å². The maximum atomic E-state index is 12.2. The highest BCUT2D eigenvalue weighted by Gasteiger charge is 2.45. The van der Waals surface area contributed by atoms with E-state index in [1.54, 1.807) is 13.0 Å². The molecule has 0 saturated heterocycles. The lowest BCUT2D eigenvalue weighted by Crippen LogP contribution is -2.40. The Labute approximate surface area is 145 Å². The van der Waals surface area contributed by atoms with Gasteiger partial charge >= 0.3 is 0 Å². The van der Waals surface area contributed by atoms with Crippen LogP contribution < -0.4 is 10.1 Å². The quantitative estimate of drug-likeness (QED) is 0.728. The van der Waals surface area contributed by atoms with Crippen LogP contribution in [0.3, 0.4) is 0 Å². The van der Waals surface area contributed by atoms with Crippen LogP contribution in [0.5, 0.6) is 5.75 Å². The second-order valence-electron chi connectivity index (χ2n) is 6.65. The molecular formula is C18H22N2O5. The number of para-hydroxylation sites is 1. The van der Waals surface area contributed by atoms with E-state index in [1.807, 2.05) is 30.3 Å². The van der Waals surface area contributed by atoms with Gasteiger partial charge in [0.1, 0.15) is 11.5 Å². The zero-order valence-electron chi connectivity index (χ0n) is 14.0. The lowest BCUT2D eigenvalue weighted by atomic mass is 9.86. The summed E-state index contributed by atoms with van der Waals surface area (Å²) in [6.07, 6.45) is -0.964. The Kier molecular flexibility index (Phi) is 5.06. The van der Waals surface area contributed by atoms with Crippen LogP contribution in [-0.2, 0) is 0 Å². The summed E-state index contributed by atoms with van der Waals surface area (Å²) in [5.74, 6) is 0.905. The molecule has 1 heterocycles. The molecule has 134 valence electrons. The number of hydrogen-bond donors (Lipinski definition) is 3. The van der Waals surface area contributed by atoms with Crippen molar-refractivity contribution in [2.75, 3.05) is 13.2 Å². The smallest absolute Gasteiger partial charge is 0.273 e. The van der Waals surface area contributed by atoms with E-state index in [1.165, 1.54) is 0 Å². The Bertz CT molecular complexity index is 705. The number of ether oxygens (including phenoxy) is 1. The van der Waals surface area contributed by atoms with Gasteiger partial charge in [-0.15, -0.1) is 0 Å². The number of amides is 1. The van der Waals surface area contributed by atoms with Gasteiger partial charge in [-0.1, -0.05) is 23.4 Å². The van der Waals surface area contributed by atoms with E-state index in [0.29, 0.717) is 24.4 Å². The summed E-state index contributed by atoms with van der Waals surface area (Å²) < 4.78 is 10.7. The number of aryl methyl sites for hydroxylation is 1. The number of aliphatic hydroxyl groups is 2. The molecule has 0 aliphatic heterocycles. The molecule has 7 nitrogen and oxygen atoms in total. The minimum atomic E-state index is -0.828. The van der Waals surface area contributed by atoms with Crippen LogP contribution in [0, 0.1) is 12.3 Å². The van der Waals surface area contributed by atoms with E-state index in [4.69, 9.17) is 9.26 Å². The van der Waals surface area contributed by atoms with Crippen LogP contribution in [-0.4, -0.2) is 46.6 Å². The van der Waals surface area contributed by atoms with E-state index in [2.05, 4.69) is 10.5 Å². The Morgan fingerprint density at radius 2 is 2.00 bits per heavy atom. The third kappa shape index (κ3) is 4.18. The first-order valence-corrected chi connectivity index (χ1v) is 8.23. The fourth-order valence-electron chi connectivity index (χ4n) is 3.14. The average molecular weight is 346 g/mol. The number of carbonyl (C=O) groups excluding carboxylic acids is 1. The first-order valence-electron chi connectivity index (χ1n) is 8.23. The summed E-state index contributed by atoms with van der Waals surface area (Å²) in [6.45, 7) is 2.25. The SMILES string of the molecule is Cc1cc(C(=O)NCC2(COc3ccccc3)C[C@@H](O)[C@@H](O)C2)no1. The fourth-order valence-corrected chi connectivity index (χ4v) is 3.14. The molecule has 3 rings (SSSR count). The topological polar surface area (TPSA) is 105 Å². The number of hydrogen-bond acceptors (Lipinski definition) is 6. The summed E-state index contributed by atoms with van der Waals surface area (Å²) >= 11 is 0. The van der Waals surface area contributed by atoms with E-state index >= 15 is 0 Å². The van der Waals surface area contributed by atoms with Crippen molar-refractivity contribution < 1.29 is 24.3 Å². The number of carbonyl (C=O) groups is 1. The number of nitrogens with one attached hydrogen (secondary N) is 1. The molecule has 1 saturated carbocycles. The summed E-state index contributed by atoms with van der Waals surface area (Å²) in [5.41, 5.74) is -0.348. The zero-order chi connectivity index (χ0) is 17.9. The molecule has 7 heteroatoms. The number of rotatable bonds is 6. The van der Waals surface area contributed by atoms with Crippen LogP contribution in [0.25, 0.3) is 0 Å². The van der Waals surface area contributed by atoms with E-state index < -0.39 is 17.6 Å². The van der Waals surface area contributed by atoms with E-state index in [-0.39, 0.29) is 24.8 Å². The van der Waals surface area contributed by atoms with Crippen LogP contribution in [0.4, 0.5) is 0 Å². The first-order chi connectivity index (χ1) is 12.0. The van der Waals surface area contributed by atoms with Gasteiger partial charge in [0.05, 0.1) is 18.8 Å². The van der Waals surface area contributed by atoms with Crippen LogP contribution in [0.1, 0.15) is 29.1 Å². The van der Waals surface area contributed by atoms with Gasteiger partial charge < -0.3 is 24.8 Å². The minimum absolute atomic E-state index is 0.204. The molecule has 0 spiro atoms. The van der Waals surface area contributed by atoms with Crippen molar-refractivity contribution >= 4 is 5.91 Å². The lowest BCUT2D eigenvalue weighted by Gasteiger charge is -2.29. The van der Waals surface area contributed by atoms with Crippen molar-refractivity contribution in [3.05, 3.63) is 47.9 Å². The maximum absolute atomic E-state index is 12.2. The Balaban J connectivity index is 1.66. The predicted molar refractivity (Wildman–Crippen MR) is 89.2 cm³/mol. The monoisotopic (exact) mass is 346 g/mol. The zero-order valence-corrected chi connectivity index (χ0v) is 14.0. The largest absolute Gasteiger partial charge is 0.493 e. The Morgan fingerprint density at radius 3 is 2.60 bits per heavy atom. The molecule has 25 heavy (non-hydrogen) atoms. The molecule has 0 radical (unpaired) electrons. The predicted octanol–water partition coefficient (Wildman–Crippen LogP) is 1.29. The molecule has 2 aromatic rings. The lowest BCUT2D eigenvalue weighted by molar-refractivity contribution is 0.0438. The summed E-state index contributed by atoms with van der Waals surface area (Å²) in [4.78, 5) is 12.2. The van der Waals surface area contributed by atoms with Gasteiger partial charge in [-0.2, -0.15) is 0 Å². The summed E-state index contributed by atoms with van der Waals surface area (Å²) in [6, 6.07) is 10.9. The van der Waals surface area contributed by atoms with Gasteiger partial charge in [-0.3, -0.25) is 4.79 Å². The second kappa shape index (κ2) is 7.25. The van der Waals surface area contributed by atoms with Crippen molar-refractivity contribution in [2.24, 2.45) is 5.41 Å². The normalized spacial score (nSPS) is 25.7. The van der Waals surface area contributed by atoms with Crippen LogP contribution in [0.2, 0.25) is 0 Å². The van der Waals surface area contributed by atoms with Gasteiger partial charge in [-0.25, -0.2) is 0 Å². The summed E-state index contributed by atoms with van der Waals surface area (Å²) in [5, 5.41) is 26.4. The van der Waals surface area contributed by atoms with Crippen molar-refractivity contribution in [1.29, 1.82) is 0 Å². The van der Waals surface area contributed by atoms with Gasteiger partial charge in [0.25, 0.3) is 5.91 Å². The summed E-state index contributed by atoms with van der Waals surface area (Å²) in [7, 11) is 0. The molecule has 1 amide bonds. The molecule has 1 aromatic heterocycles. The fraction of sp³-hybridized carbons (Fsp3) is 0.444. The molecule has 1 aliphatic carbocycles. The Hall–Kier alpha value is -2.38. The average Bonchev–Trinajstić information content (AvgIpc) is 3.16. The molecule has 0 bridgehead atoms. The third-order valence-corrected chi connectivity index (χ3v) is 4.50. The number of aliphatic hydroxyl groups excluding tert-OH is 2. The molecule has 1 aliphatic rings. The van der Waals surface area contributed by atoms with Crippen molar-refractivity contribution in [3.8, 4) is 5.75 Å². The van der Waals surface area contributed by atoms with Crippen molar-refractivity contribution in [3.63, 3.8) is 0 Å². The van der Waals surface area contributed by atoms with Crippen LogP contribution in [0.15, 0.2) is 40.9 Å². The molecule has 1 unspecified atom stereocenters. The van der Waals surface area contributed by atoms with Crippen molar-refractivity contribution in [1.82, 2.24) is 10.5 Å². The highest BCUT2D eigenvalue weighted by Crippen LogP contribution is 2.38. The van der Waals surface area contributed by atoms with E-state index in [9.17, 15) is 15.0 Å². The molecule has 3 N–H and O–H groups in total. The number of nitrogens with zero attached hydrogens (tertiary/aromatic N) is 1. The third-order valence-electron chi connectivity index (χ3n) is 4.50. The molecular weight excluding hydrogens is 324 g/mol. The first kappa shape index (κ1) is 17.4. The molecule has 3 atom stereocenters. The highest BCUT2D eigenvalue weighted by atomic mass is 16.5. The van der Waals surface area contributed by atoms with E-state index in [0.717, 1.165) is 0 Å². The standard InChI is InChI=1S/C18H22N2O5/c1-12-7-14(20-25-12)17(23)19-10-18(8-15(21)16(22)9-18)11-24-13-5-3-2-4-6-13/h2-7,15-16,21-22H,8-11H2,1H3,(H,19,23)/t15-,16+,18?. The van der Waals surface area contributed by atoms with Crippen molar-refractivity contribution in [2.45, 2.75) is 32.0 Å². The minimum Gasteiger partial charge on any atom is -0.493 e. The number of benzene rings is 1. The second-order valence-corrected chi connectivity index (χ2v) is 6.65. The highest BCUT2D eigenvalue weighted by molar-refractivity contribution is 5.92. The number of aromatic nitrogens is 1. The Morgan fingerprint density at radius 1 is 1.32 bits per heavy atom. The van der Waals surface area contributed by atoms with Gasteiger partial charge in [0.15, 0.2) is 5.69 Å². The van der Waals surface area contributed by atoms with Gasteiger partial charge in [-0.05, 0) is 31.9 Å². The van der Waals surface area contributed by atoms with Gasteiger partial charge in [0.2, 0.25) is 0 Å². The van der Waals surface area contributed by atoms with Gasteiger partial charge in [0, 0.05) is 18.0 Å². The molecule has 1 aromatic carbocycles.